The van der Waals surface area contributed by atoms with Crippen LogP contribution in [0.4, 0.5) is 9.59 Å². The van der Waals surface area contributed by atoms with Crippen molar-refractivity contribution in [3.8, 4) is 5.69 Å². The van der Waals surface area contributed by atoms with E-state index in [0.717, 1.165) is 4.68 Å². The number of halogens is 2. The lowest BCUT2D eigenvalue weighted by Crippen LogP contribution is -2.52. The van der Waals surface area contributed by atoms with E-state index in [-0.39, 0.29) is 28.3 Å². The SMILES string of the molecule is CC(C)(C)OC(=O)NC1CCCN(C(=O)n2nnn(-c3c(Cl)cccc3Cl)c2=O)C1. The van der Waals surface area contributed by atoms with E-state index in [1.807, 2.05) is 0 Å². The number of hydrogen-bond acceptors (Lipinski definition) is 6. The first-order valence-electron chi connectivity index (χ1n) is 9.35. The molecule has 30 heavy (non-hydrogen) atoms. The molecule has 1 aliphatic rings. The predicted molar refractivity (Wildman–Crippen MR) is 110 cm³/mol. The topological polar surface area (TPSA) is 111 Å². The molecular formula is C18H22Cl2N6O4. The Labute approximate surface area is 182 Å². The number of amides is 2. The number of piperidine rings is 1. The molecule has 1 fully saturated rings. The van der Waals surface area contributed by atoms with Crippen LogP contribution in [0.1, 0.15) is 33.6 Å². The molecule has 162 valence electrons. The molecule has 0 bridgehead atoms. The van der Waals surface area contributed by atoms with E-state index in [1.165, 1.54) is 4.90 Å². The first kappa shape index (κ1) is 22.1. The van der Waals surface area contributed by atoms with E-state index in [2.05, 4.69) is 15.7 Å². The highest BCUT2D eigenvalue weighted by atomic mass is 35.5. The van der Waals surface area contributed by atoms with Crippen LogP contribution in [0, 0.1) is 0 Å². The van der Waals surface area contributed by atoms with Crippen molar-refractivity contribution in [1.82, 2.24) is 30.0 Å². The third kappa shape index (κ3) is 4.93. The molecule has 1 aromatic heterocycles. The predicted octanol–water partition coefficient (Wildman–Crippen LogP) is 2.69. The summed E-state index contributed by atoms with van der Waals surface area (Å²) in [5.41, 5.74) is -1.27. The van der Waals surface area contributed by atoms with Gasteiger partial charge in [0.25, 0.3) is 0 Å². The number of benzene rings is 1. The van der Waals surface area contributed by atoms with Crippen LogP contribution in [0.25, 0.3) is 5.69 Å². The second-order valence-corrected chi connectivity index (χ2v) is 8.68. The number of ether oxygens (including phenoxy) is 1. The second kappa shape index (κ2) is 8.65. The largest absolute Gasteiger partial charge is 0.444 e. The van der Waals surface area contributed by atoms with Gasteiger partial charge in [-0.1, -0.05) is 29.3 Å². The average Bonchev–Trinajstić information content (AvgIpc) is 3.01. The van der Waals surface area contributed by atoms with Gasteiger partial charge < -0.3 is 15.0 Å². The molecule has 1 saturated heterocycles. The fourth-order valence-electron chi connectivity index (χ4n) is 3.07. The van der Waals surface area contributed by atoms with E-state index >= 15 is 0 Å². The summed E-state index contributed by atoms with van der Waals surface area (Å²) in [7, 11) is 0. The highest BCUT2D eigenvalue weighted by molar-refractivity contribution is 6.37. The molecule has 1 aromatic carbocycles. The molecule has 10 nitrogen and oxygen atoms in total. The number of nitrogens with one attached hydrogen (secondary N) is 1. The van der Waals surface area contributed by atoms with Crippen LogP contribution in [-0.2, 0) is 4.74 Å². The summed E-state index contributed by atoms with van der Waals surface area (Å²) in [6.07, 6.45) is 0.768. The maximum Gasteiger partial charge on any atom is 0.407 e. The van der Waals surface area contributed by atoms with E-state index < -0.39 is 23.4 Å². The molecule has 0 radical (unpaired) electrons. The van der Waals surface area contributed by atoms with Crippen LogP contribution in [0.3, 0.4) is 0 Å². The Hall–Kier alpha value is -2.59. The Kier molecular flexibility index (Phi) is 6.37. The molecule has 1 unspecified atom stereocenters. The third-order valence-electron chi connectivity index (χ3n) is 4.32. The summed E-state index contributed by atoms with van der Waals surface area (Å²) >= 11 is 12.2. The number of carbonyl (C=O) groups excluding carboxylic acids is 2. The second-order valence-electron chi connectivity index (χ2n) is 7.87. The number of likely N-dealkylation sites (tertiary alicyclic amines) is 1. The van der Waals surface area contributed by atoms with Gasteiger partial charge >= 0.3 is 17.8 Å². The molecule has 2 amide bonds. The summed E-state index contributed by atoms with van der Waals surface area (Å²) in [5, 5.41) is 10.6. The summed E-state index contributed by atoms with van der Waals surface area (Å²) in [4.78, 5) is 39.0. The van der Waals surface area contributed by atoms with Gasteiger partial charge in [-0.05, 0) is 56.2 Å². The van der Waals surface area contributed by atoms with Gasteiger partial charge in [0.2, 0.25) is 0 Å². The van der Waals surface area contributed by atoms with Crippen molar-refractivity contribution in [2.75, 3.05) is 13.1 Å². The van der Waals surface area contributed by atoms with Gasteiger partial charge in [-0.3, -0.25) is 0 Å². The molecule has 1 N–H and O–H groups in total. The normalized spacial score (nSPS) is 17.0. The maximum atomic E-state index is 12.9. The monoisotopic (exact) mass is 456 g/mol. The molecule has 0 spiro atoms. The van der Waals surface area contributed by atoms with Gasteiger partial charge in [-0.15, -0.1) is 4.68 Å². The first-order valence-corrected chi connectivity index (χ1v) is 10.1. The quantitative estimate of drug-likeness (QED) is 0.695. The average molecular weight is 457 g/mol. The highest BCUT2D eigenvalue weighted by Gasteiger charge is 2.29. The molecule has 1 aliphatic heterocycles. The fraction of sp³-hybridized carbons (Fsp3) is 0.500. The number of hydrogen-bond donors (Lipinski definition) is 1. The Morgan fingerprint density at radius 1 is 1.20 bits per heavy atom. The summed E-state index contributed by atoms with van der Waals surface area (Å²) < 4.78 is 6.78. The van der Waals surface area contributed by atoms with Crippen LogP contribution < -0.4 is 11.0 Å². The minimum absolute atomic E-state index is 0.146. The summed E-state index contributed by atoms with van der Waals surface area (Å²) in [6.45, 7) is 5.93. The van der Waals surface area contributed by atoms with E-state index in [0.29, 0.717) is 24.1 Å². The van der Waals surface area contributed by atoms with E-state index in [1.54, 1.807) is 39.0 Å². The lowest BCUT2D eigenvalue weighted by atomic mass is 10.1. The zero-order chi connectivity index (χ0) is 22.1. The maximum absolute atomic E-state index is 12.9. The van der Waals surface area contributed by atoms with Gasteiger partial charge in [-0.25, -0.2) is 14.4 Å². The summed E-state index contributed by atoms with van der Waals surface area (Å²) in [6, 6.07) is 3.77. The van der Waals surface area contributed by atoms with Crippen molar-refractivity contribution < 1.29 is 14.3 Å². The fourth-order valence-corrected chi connectivity index (χ4v) is 3.63. The van der Waals surface area contributed by atoms with E-state index in [4.69, 9.17) is 27.9 Å². The van der Waals surface area contributed by atoms with Crippen LogP contribution in [0.15, 0.2) is 23.0 Å². The van der Waals surface area contributed by atoms with Crippen molar-refractivity contribution in [3.05, 3.63) is 38.7 Å². The number of alkyl carbamates (subject to hydrolysis) is 1. The van der Waals surface area contributed by atoms with Crippen molar-refractivity contribution in [2.24, 2.45) is 0 Å². The van der Waals surface area contributed by atoms with Crippen molar-refractivity contribution in [3.63, 3.8) is 0 Å². The standard InChI is InChI=1S/C18H22Cl2N6O4/c1-18(2,3)30-15(27)21-11-6-5-9-24(10-11)16(28)26-17(29)25(22-23-26)14-12(19)7-4-8-13(14)20/h4,7-8,11H,5-6,9-10H2,1-3H3,(H,21,27). The van der Waals surface area contributed by atoms with E-state index in [9.17, 15) is 14.4 Å². The Bertz CT molecular complexity index is 993. The smallest absolute Gasteiger partial charge is 0.407 e. The van der Waals surface area contributed by atoms with Crippen LogP contribution >= 0.6 is 23.2 Å². The van der Waals surface area contributed by atoms with Crippen molar-refractivity contribution >= 4 is 35.3 Å². The first-order chi connectivity index (χ1) is 14.1. The highest BCUT2D eigenvalue weighted by Crippen LogP contribution is 2.26. The molecule has 2 aromatic rings. The number of tetrazole rings is 1. The minimum atomic E-state index is -0.794. The molecule has 0 saturated carbocycles. The lowest BCUT2D eigenvalue weighted by molar-refractivity contribution is 0.0479. The number of nitrogens with zero attached hydrogens (tertiary/aromatic N) is 5. The number of rotatable bonds is 2. The van der Waals surface area contributed by atoms with Crippen LogP contribution in [0.5, 0.6) is 0 Å². The van der Waals surface area contributed by atoms with Crippen molar-refractivity contribution in [1.29, 1.82) is 0 Å². The van der Waals surface area contributed by atoms with Crippen molar-refractivity contribution in [2.45, 2.75) is 45.3 Å². The summed E-state index contributed by atoms with van der Waals surface area (Å²) in [5.74, 6) is 0. The van der Waals surface area contributed by atoms with Gasteiger partial charge in [0.1, 0.15) is 11.3 Å². The third-order valence-corrected chi connectivity index (χ3v) is 4.93. The zero-order valence-corrected chi connectivity index (χ0v) is 18.3. The number of aromatic nitrogens is 4. The van der Waals surface area contributed by atoms with Crippen LogP contribution in [-0.4, -0.2) is 61.5 Å². The van der Waals surface area contributed by atoms with Crippen LogP contribution in [0.2, 0.25) is 10.0 Å². The molecule has 3 rings (SSSR count). The molecule has 12 heteroatoms. The van der Waals surface area contributed by atoms with Gasteiger partial charge in [0.15, 0.2) is 0 Å². The molecule has 1 atom stereocenters. The Balaban J connectivity index is 1.75. The molecule has 0 aliphatic carbocycles. The number of para-hydroxylation sites is 1. The molecule has 2 heterocycles. The Morgan fingerprint density at radius 3 is 2.50 bits per heavy atom. The minimum Gasteiger partial charge on any atom is -0.444 e. The Morgan fingerprint density at radius 2 is 1.87 bits per heavy atom. The van der Waals surface area contributed by atoms with Gasteiger partial charge in [0.05, 0.1) is 10.0 Å². The zero-order valence-electron chi connectivity index (χ0n) is 16.8. The van der Waals surface area contributed by atoms with Gasteiger partial charge in [0, 0.05) is 19.1 Å². The molecular weight excluding hydrogens is 435 g/mol. The van der Waals surface area contributed by atoms with Gasteiger partial charge in [-0.2, -0.15) is 4.68 Å². The number of carbonyl (C=O) groups is 2. The lowest BCUT2D eigenvalue weighted by Gasteiger charge is -2.32.